The Morgan fingerprint density at radius 3 is 2.92 bits per heavy atom. The molecule has 0 amide bonds. The molecule has 1 rings (SSSR count). The molecule has 0 saturated carbocycles. The molecule has 2 N–H and O–H groups in total. The summed E-state index contributed by atoms with van der Waals surface area (Å²) in [5.74, 6) is 0.994. The van der Waals surface area contributed by atoms with Crippen molar-refractivity contribution < 1.29 is 9.26 Å². The van der Waals surface area contributed by atoms with Gasteiger partial charge in [0.05, 0.1) is 6.54 Å². The molecule has 1 aromatic heterocycles. The molecule has 68 valence electrons. The van der Waals surface area contributed by atoms with Crippen LogP contribution < -0.4 is 5.73 Å². The van der Waals surface area contributed by atoms with Crippen molar-refractivity contribution in [2.24, 2.45) is 5.73 Å². The summed E-state index contributed by atoms with van der Waals surface area (Å²) in [6.45, 7) is 4.69. The summed E-state index contributed by atoms with van der Waals surface area (Å²) >= 11 is 0. The normalized spacial score (nSPS) is 13.2. The van der Waals surface area contributed by atoms with Crippen molar-refractivity contribution in [3.8, 4) is 0 Å². The molecule has 0 bridgehead atoms. The summed E-state index contributed by atoms with van der Waals surface area (Å²) < 4.78 is 10.1. The van der Waals surface area contributed by atoms with Gasteiger partial charge in [0.25, 0.3) is 0 Å². The van der Waals surface area contributed by atoms with Crippen LogP contribution in [0.4, 0.5) is 0 Å². The molecule has 0 fully saturated rings. The standard InChI is InChI=1S/C7H13N3O2/c1-3-11-5(2)7-9-6(4-8)12-10-7/h5H,3-4,8H2,1-2H3/t5-/m0/s1. The number of nitrogens with two attached hydrogens (primary N) is 1. The first-order valence-electron chi connectivity index (χ1n) is 3.92. The smallest absolute Gasteiger partial charge is 0.240 e. The van der Waals surface area contributed by atoms with E-state index in [4.69, 9.17) is 15.0 Å². The average molecular weight is 171 g/mol. The summed E-state index contributed by atoms with van der Waals surface area (Å²) in [7, 11) is 0. The molecule has 0 spiro atoms. The Kier molecular flexibility index (Phi) is 3.19. The van der Waals surface area contributed by atoms with E-state index >= 15 is 0 Å². The first-order valence-corrected chi connectivity index (χ1v) is 3.92. The van der Waals surface area contributed by atoms with Gasteiger partial charge in [-0.1, -0.05) is 5.16 Å². The highest BCUT2D eigenvalue weighted by atomic mass is 16.5. The SMILES string of the molecule is CCO[C@@H](C)c1noc(CN)n1. The Morgan fingerprint density at radius 1 is 1.67 bits per heavy atom. The molecule has 12 heavy (non-hydrogen) atoms. The van der Waals surface area contributed by atoms with Gasteiger partial charge in [-0.2, -0.15) is 4.98 Å². The third-order valence-corrected chi connectivity index (χ3v) is 1.44. The van der Waals surface area contributed by atoms with Gasteiger partial charge in [0.15, 0.2) is 5.82 Å². The van der Waals surface area contributed by atoms with E-state index < -0.39 is 0 Å². The second-order valence-electron chi connectivity index (χ2n) is 2.35. The number of ether oxygens (including phenoxy) is 1. The Hall–Kier alpha value is -0.940. The third kappa shape index (κ3) is 2.02. The fourth-order valence-corrected chi connectivity index (χ4v) is 0.841. The first kappa shape index (κ1) is 9.15. The second-order valence-corrected chi connectivity index (χ2v) is 2.35. The minimum atomic E-state index is -0.126. The fourth-order valence-electron chi connectivity index (χ4n) is 0.841. The lowest BCUT2D eigenvalue weighted by Crippen LogP contribution is -2.02. The van der Waals surface area contributed by atoms with Crippen molar-refractivity contribution in [1.29, 1.82) is 0 Å². The van der Waals surface area contributed by atoms with Gasteiger partial charge in [-0.15, -0.1) is 0 Å². The quantitative estimate of drug-likeness (QED) is 0.719. The van der Waals surface area contributed by atoms with E-state index in [1.165, 1.54) is 0 Å². The first-order chi connectivity index (χ1) is 5.77. The highest BCUT2D eigenvalue weighted by Crippen LogP contribution is 2.11. The van der Waals surface area contributed by atoms with Crippen LogP contribution in [0, 0.1) is 0 Å². The van der Waals surface area contributed by atoms with Gasteiger partial charge in [0.2, 0.25) is 5.89 Å². The zero-order valence-corrected chi connectivity index (χ0v) is 7.28. The number of hydrogen-bond donors (Lipinski definition) is 1. The molecule has 1 aromatic rings. The summed E-state index contributed by atoms with van der Waals surface area (Å²) in [5, 5.41) is 3.71. The Bertz CT molecular complexity index is 236. The number of nitrogens with zero attached hydrogens (tertiary/aromatic N) is 2. The van der Waals surface area contributed by atoms with Gasteiger partial charge in [-0.25, -0.2) is 0 Å². The van der Waals surface area contributed by atoms with Crippen LogP contribution in [0.1, 0.15) is 31.7 Å². The third-order valence-electron chi connectivity index (χ3n) is 1.44. The van der Waals surface area contributed by atoms with E-state index in [1.54, 1.807) is 0 Å². The zero-order valence-electron chi connectivity index (χ0n) is 7.28. The van der Waals surface area contributed by atoms with E-state index in [2.05, 4.69) is 10.1 Å². The molecule has 0 radical (unpaired) electrons. The lowest BCUT2D eigenvalue weighted by Gasteiger charge is -2.04. The zero-order chi connectivity index (χ0) is 8.97. The van der Waals surface area contributed by atoms with Crippen molar-refractivity contribution in [3.63, 3.8) is 0 Å². The molecule has 5 nitrogen and oxygen atoms in total. The van der Waals surface area contributed by atoms with Crippen LogP contribution in [0.15, 0.2) is 4.52 Å². The molecule has 0 aliphatic carbocycles. The predicted molar refractivity (Wildman–Crippen MR) is 42.2 cm³/mol. The van der Waals surface area contributed by atoms with Crippen LogP contribution in [0.5, 0.6) is 0 Å². The van der Waals surface area contributed by atoms with E-state index in [-0.39, 0.29) is 12.6 Å². The van der Waals surface area contributed by atoms with Gasteiger partial charge in [-0.3, -0.25) is 0 Å². The predicted octanol–water partition coefficient (Wildman–Crippen LogP) is 0.626. The lowest BCUT2D eigenvalue weighted by atomic mass is 10.4. The van der Waals surface area contributed by atoms with Gasteiger partial charge < -0.3 is 15.0 Å². The van der Waals surface area contributed by atoms with Crippen LogP contribution in [0.2, 0.25) is 0 Å². The van der Waals surface area contributed by atoms with Crippen LogP contribution in [0.3, 0.4) is 0 Å². The summed E-state index contributed by atoms with van der Waals surface area (Å²) in [6.07, 6.45) is -0.126. The van der Waals surface area contributed by atoms with Gasteiger partial charge in [-0.05, 0) is 13.8 Å². The molecule has 5 heteroatoms. The maximum absolute atomic E-state index is 5.30. The van der Waals surface area contributed by atoms with Crippen molar-refractivity contribution in [3.05, 3.63) is 11.7 Å². The molecule has 1 heterocycles. The molecule has 0 aliphatic rings. The van der Waals surface area contributed by atoms with E-state index in [1.807, 2.05) is 13.8 Å². The minimum Gasteiger partial charge on any atom is -0.371 e. The van der Waals surface area contributed by atoms with Crippen LogP contribution in [-0.2, 0) is 11.3 Å². The molecule has 0 saturated heterocycles. The maximum Gasteiger partial charge on any atom is 0.240 e. The van der Waals surface area contributed by atoms with Crippen LogP contribution >= 0.6 is 0 Å². The highest BCUT2D eigenvalue weighted by molar-refractivity contribution is 4.88. The Labute approximate surface area is 70.9 Å². The van der Waals surface area contributed by atoms with Gasteiger partial charge in [0.1, 0.15) is 6.10 Å². The van der Waals surface area contributed by atoms with Crippen molar-refractivity contribution >= 4 is 0 Å². The maximum atomic E-state index is 5.30. The van der Waals surface area contributed by atoms with Crippen LogP contribution in [-0.4, -0.2) is 16.7 Å². The number of aromatic nitrogens is 2. The monoisotopic (exact) mass is 171 g/mol. The van der Waals surface area contributed by atoms with Gasteiger partial charge in [0, 0.05) is 6.61 Å². The van der Waals surface area contributed by atoms with Crippen molar-refractivity contribution in [2.75, 3.05) is 6.61 Å². The second kappa shape index (κ2) is 4.18. The van der Waals surface area contributed by atoms with Crippen molar-refractivity contribution in [1.82, 2.24) is 10.1 Å². The topological polar surface area (TPSA) is 74.2 Å². The van der Waals surface area contributed by atoms with E-state index in [0.29, 0.717) is 18.3 Å². The van der Waals surface area contributed by atoms with E-state index in [9.17, 15) is 0 Å². The largest absolute Gasteiger partial charge is 0.371 e. The van der Waals surface area contributed by atoms with Gasteiger partial charge >= 0.3 is 0 Å². The highest BCUT2D eigenvalue weighted by Gasteiger charge is 2.12. The molecule has 0 unspecified atom stereocenters. The molecule has 0 aliphatic heterocycles. The fraction of sp³-hybridized carbons (Fsp3) is 0.714. The molecule has 1 atom stereocenters. The minimum absolute atomic E-state index is 0.126. The number of rotatable bonds is 4. The van der Waals surface area contributed by atoms with E-state index in [0.717, 1.165) is 0 Å². The molecular formula is C7H13N3O2. The summed E-state index contributed by atoms with van der Waals surface area (Å²) in [4.78, 5) is 4.02. The number of hydrogen-bond acceptors (Lipinski definition) is 5. The average Bonchev–Trinajstić information content (AvgIpc) is 2.52. The summed E-state index contributed by atoms with van der Waals surface area (Å²) in [6, 6.07) is 0. The molecule has 0 aromatic carbocycles. The molecular weight excluding hydrogens is 158 g/mol. The Morgan fingerprint density at radius 2 is 2.42 bits per heavy atom. The van der Waals surface area contributed by atoms with Crippen LogP contribution in [0.25, 0.3) is 0 Å². The lowest BCUT2D eigenvalue weighted by molar-refractivity contribution is 0.0683. The van der Waals surface area contributed by atoms with Crippen molar-refractivity contribution in [2.45, 2.75) is 26.5 Å². The Balaban J connectivity index is 2.61. The summed E-state index contributed by atoms with van der Waals surface area (Å²) in [5.41, 5.74) is 5.30.